The summed E-state index contributed by atoms with van der Waals surface area (Å²) in [6.07, 6.45) is 3.92. The summed E-state index contributed by atoms with van der Waals surface area (Å²) >= 11 is 0. The molecule has 90 valence electrons. The lowest BCUT2D eigenvalue weighted by molar-refractivity contribution is 0.305. The van der Waals surface area contributed by atoms with E-state index in [0.29, 0.717) is 0 Å². The third kappa shape index (κ3) is 1.87. The van der Waals surface area contributed by atoms with Gasteiger partial charge in [-0.25, -0.2) is 0 Å². The van der Waals surface area contributed by atoms with Gasteiger partial charge in [0.15, 0.2) is 0 Å². The number of fused-ring (bicyclic) bond motifs is 3. The van der Waals surface area contributed by atoms with E-state index in [1.807, 2.05) is 0 Å². The maximum absolute atomic E-state index is 9.21. The summed E-state index contributed by atoms with van der Waals surface area (Å²) in [7, 11) is 0. The molecule has 0 saturated carbocycles. The lowest BCUT2D eigenvalue weighted by atomic mass is 9.94. The molecule has 0 saturated heterocycles. The Morgan fingerprint density at radius 1 is 0.833 bits per heavy atom. The molecule has 2 aromatic rings. The van der Waals surface area contributed by atoms with Gasteiger partial charge in [-0.15, -0.1) is 0 Å². The first kappa shape index (κ1) is 11.2. The fraction of sp³-hybridized carbons (Fsp3) is 0.176. The van der Waals surface area contributed by atoms with Crippen LogP contribution in [0.25, 0.3) is 16.7 Å². The predicted octanol–water partition coefficient (Wildman–Crippen LogP) is 3.68. The molecule has 0 aromatic heterocycles. The van der Waals surface area contributed by atoms with Crippen molar-refractivity contribution in [3.05, 3.63) is 65.7 Å². The second-order valence-corrected chi connectivity index (χ2v) is 4.61. The number of benzene rings is 2. The van der Waals surface area contributed by atoms with Gasteiger partial charge in [0.1, 0.15) is 0 Å². The molecule has 1 aliphatic carbocycles. The smallest absolute Gasteiger partial charge is 0.0471 e. The summed E-state index contributed by atoms with van der Waals surface area (Å²) in [6, 6.07) is 17.0. The van der Waals surface area contributed by atoms with Crippen LogP contribution in [-0.4, -0.2) is 11.7 Å². The Morgan fingerprint density at radius 2 is 1.50 bits per heavy atom. The van der Waals surface area contributed by atoms with Crippen LogP contribution in [0.2, 0.25) is 0 Å². The molecule has 0 atom stereocenters. The van der Waals surface area contributed by atoms with Crippen molar-refractivity contribution in [3.8, 4) is 11.1 Å². The van der Waals surface area contributed by atoms with Crippen LogP contribution >= 0.6 is 0 Å². The van der Waals surface area contributed by atoms with Gasteiger partial charge < -0.3 is 5.11 Å². The Balaban J connectivity index is 2.22. The third-order valence-electron chi connectivity index (χ3n) is 3.53. The average molecular weight is 236 g/mol. The average Bonchev–Trinajstić information content (AvgIpc) is 2.58. The van der Waals surface area contributed by atoms with E-state index >= 15 is 0 Å². The predicted molar refractivity (Wildman–Crippen MR) is 75.3 cm³/mol. The SMILES string of the molecule is OCCC1=CCc2ccccc2-c2ccccc21. The summed E-state index contributed by atoms with van der Waals surface area (Å²) in [5.41, 5.74) is 6.47. The zero-order valence-corrected chi connectivity index (χ0v) is 10.3. The normalized spacial score (nSPS) is 13.3. The molecule has 1 N–H and O–H groups in total. The van der Waals surface area contributed by atoms with E-state index in [1.165, 1.54) is 27.8 Å². The molecule has 0 aliphatic heterocycles. The Hall–Kier alpha value is -1.86. The van der Waals surface area contributed by atoms with Gasteiger partial charge in [-0.05, 0) is 40.7 Å². The van der Waals surface area contributed by atoms with Crippen LogP contribution in [0.4, 0.5) is 0 Å². The molecule has 1 heteroatoms. The van der Waals surface area contributed by atoms with Crippen molar-refractivity contribution in [2.24, 2.45) is 0 Å². The van der Waals surface area contributed by atoms with Gasteiger partial charge in [0.25, 0.3) is 0 Å². The zero-order chi connectivity index (χ0) is 12.4. The van der Waals surface area contributed by atoms with E-state index in [0.717, 1.165) is 12.8 Å². The Morgan fingerprint density at radius 3 is 2.28 bits per heavy atom. The highest BCUT2D eigenvalue weighted by atomic mass is 16.2. The van der Waals surface area contributed by atoms with E-state index in [4.69, 9.17) is 0 Å². The molecule has 0 amide bonds. The molecule has 0 radical (unpaired) electrons. The molecule has 0 bridgehead atoms. The molecule has 2 aromatic carbocycles. The van der Waals surface area contributed by atoms with E-state index in [1.54, 1.807) is 0 Å². The van der Waals surface area contributed by atoms with Crippen molar-refractivity contribution in [1.82, 2.24) is 0 Å². The molecular weight excluding hydrogens is 220 g/mol. The highest BCUT2D eigenvalue weighted by Crippen LogP contribution is 2.35. The zero-order valence-electron chi connectivity index (χ0n) is 10.3. The Bertz CT molecular complexity index is 596. The molecule has 1 aliphatic rings. The molecule has 3 rings (SSSR count). The summed E-state index contributed by atoms with van der Waals surface area (Å²) in [4.78, 5) is 0. The highest BCUT2D eigenvalue weighted by molar-refractivity contribution is 5.84. The standard InChI is InChI=1S/C17H16O/c18-12-11-14-10-9-13-5-1-2-6-15(13)17-8-4-3-7-16(14)17/h1-8,10,18H,9,11-12H2. The maximum atomic E-state index is 9.21. The highest BCUT2D eigenvalue weighted by Gasteiger charge is 2.14. The number of hydrogen-bond donors (Lipinski definition) is 1. The lowest BCUT2D eigenvalue weighted by Crippen LogP contribution is -1.91. The van der Waals surface area contributed by atoms with Crippen molar-refractivity contribution >= 4 is 5.57 Å². The summed E-state index contributed by atoms with van der Waals surface area (Å²) in [5, 5.41) is 9.21. The van der Waals surface area contributed by atoms with Crippen molar-refractivity contribution in [3.63, 3.8) is 0 Å². The minimum atomic E-state index is 0.205. The van der Waals surface area contributed by atoms with Gasteiger partial charge in [0, 0.05) is 6.61 Å². The third-order valence-corrected chi connectivity index (χ3v) is 3.53. The molecule has 0 spiro atoms. The fourth-order valence-corrected chi connectivity index (χ4v) is 2.66. The number of rotatable bonds is 2. The van der Waals surface area contributed by atoms with Gasteiger partial charge in [-0.3, -0.25) is 0 Å². The van der Waals surface area contributed by atoms with E-state index in [2.05, 4.69) is 54.6 Å². The van der Waals surface area contributed by atoms with E-state index in [-0.39, 0.29) is 6.61 Å². The molecule has 0 unspecified atom stereocenters. The van der Waals surface area contributed by atoms with Crippen molar-refractivity contribution < 1.29 is 5.11 Å². The number of aliphatic hydroxyl groups is 1. The topological polar surface area (TPSA) is 20.2 Å². The molecule has 0 heterocycles. The van der Waals surface area contributed by atoms with Gasteiger partial charge in [0.05, 0.1) is 0 Å². The van der Waals surface area contributed by atoms with Crippen LogP contribution in [0.1, 0.15) is 17.5 Å². The monoisotopic (exact) mass is 236 g/mol. The lowest BCUT2D eigenvalue weighted by Gasteiger charge is -2.11. The number of aliphatic hydroxyl groups excluding tert-OH is 1. The van der Waals surface area contributed by atoms with Crippen molar-refractivity contribution in [1.29, 1.82) is 0 Å². The van der Waals surface area contributed by atoms with Crippen molar-refractivity contribution in [2.45, 2.75) is 12.8 Å². The van der Waals surface area contributed by atoms with Gasteiger partial charge in [-0.2, -0.15) is 0 Å². The van der Waals surface area contributed by atoms with Crippen molar-refractivity contribution in [2.75, 3.05) is 6.61 Å². The summed E-state index contributed by atoms with van der Waals surface area (Å²) in [5.74, 6) is 0. The van der Waals surface area contributed by atoms with Crippen LogP contribution in [0, 0.1) is 0 Å². The summed E-state index contributed by atoms with van der Waals surface area (Å²) < 4.78 is 0. The first-order valence-corrected chi connectivity index (χ1v) is 6.37. The molecule has 1 nitrogen and oxygen atoms in total. The molecule has 0 fully saturated rings. The fourth-order valence-electron chi connectivity index (χ4n) is 2.66. The Kier molecular flexibility index (Phi) is 2.99. The second kappa shape index (κ2) is 4.79. The number of allylic oxidation sites excluding steroid dienone is 1. The van der Waals surface area contributed by atoms with E-state index < -0.39 is 0 Å². The van der Waals surface area contributed by atoms with Gasteiger partial charge in [-0.1, -0.05) is 54.6 Å². The maximum Gasteiger partial charge on any atom is 0.0471 e. The largest absolute Gasteiger partial charge is 0.396 e. The van der Waals surface area contributed by atoms with Gasteiger partial charge >= 0.3 is 0 Å². The van der Waals surface area contributed by atoms with Crippen LogP contribution in [0.3, 0.4) is 0 Å². The Labute approximate surface area is 107 Å². The quantitative estimate of drug-likeness (QED) is 0.843. The second-order valence-electron chi connectivity index (χ2n) is 4.61. The summed E-state index contributed by atoms with van der Waals surface area (Å²) in [6.45, 7) is 0.205. The van der Waals surface area contributed by atoms with E-state index in [9.17, 15) is 5.11 Å². The minimum absolute atomic E-state index is 0.205. The van der Waals surface area contributed by atoms with Crippen LogP contribution in [0.15, 0.2) is 54.6 Å². The van der Waals surface area contributed by atoms with Crippen LogP contribution in [0.5, 0.6) is 0 Å². The minimum Gasteiger partial charge on any atom is -0.396 e. The molecule has 18 heavy (non-hydrogen) atoms. The number of hydrogen-bond acceptors (Lipinski definition) is 1. The van der Waals surface area contributed by atoms with Gasteiger partial charge in [0.2, 0.25) is 0 Å². The van der Waals surface area contributed by atoms with Crippen LogP contribution in [-0.2, 0) is 6.42 Å². The molecular formula is C17H16O. The van der Waals surface area contributed by atoms with Crippen LogP contribution < -0.4 is 0 Å². The first-order chi connectivity index (χ1) is 8.90. The first-order valence-electron chi connectivity index (χ1n) is 6.37.